The van der Waals surface area contributed by atoms with Crippen molar-refractivity contribution in [2.45, 2.75) is 31.8 Å². The highest BCUT2D eigenvalue weighted by atomic mass is 16.6. The summed E-state index contributed by atoms with van der Waals surface area (Å²) < 4.78 is 0. The molecule has 4 rings (SSSR count). The van der Waals surface area contributed by atoms with E-state index in [2.05, 4.69) is 5.32 Å². The number of rotatable bonds is 4. The monoisotopic (exact) mass is 258 g/mol. The topological polar surface area (TPSA) is 55.2 Å². The van der Waals surface area contributed by atoms with Gasteiger partial charge in [-0.2, -0.15) is 0 Å². The molecule has 3 aliphatic rings. The maximum Gasteiger partial charge on any atom is 0.269 e. The fourth-order valence-electron chi connectivity index (χ4n) is 4.61. The highest BCUT2D eigenvalue weighted by Gasteiger charge is 2.64. The number of nitro groups is 1. The minimum Gasteiger partial charge on any atom is -0.309 e. The van der Waals surface area contributed by atoms with E-state index in [0.29, 0.717) is 6.04 Å². The van der Waals surface area contributed by atoms with Gasteiger partial charge < -0.3 is 5.32 Å². The second-order valence-corrected chi connectivity index (χ2v) is 6.32. The first-order valence-corrected chi connectivity index (χ1v) is 7.21. The molecule has 4 atom stereocenters. The van der Waals surface area contributed by atoms with Crippen LogP contribution in [0.5, 0.6) is 0 Å². The van der Waals surface area contributed by atoms with Crippen molar-refractivity contribution in [1.82, 2.24) is 5.32 Å². The Bertz CT molecular complexity index is 515. The normalized spacial score (nSPS) is 38.2. The Morgan fingerprint density at radius 1 is 1.26 bits per heavy atom. The molecule has 0 saturated heterocycles. The van der Waals surface area contributed by atoms with Crippen molar-refractivity contribution in [2.75, 3.05) is 0 Å². The Kier molecular flexibility index (Phi) is 2.42. The van der Waals surface area contributed by atoms with Gasteiger partial charge >= 0.3 is 0 Å². The summed E-state index contributed by atoms with van der Waals surface area (Å²) in [7, 11) is 0. The van der Waals surface area contributed by atoms with Crippen molar-refractivity contribution in [3.05, 3.63) is 39.9 Å². The van der Waals surface area contributed by atoms with E-state index in [9.17, 15) is 10.1 Å². The smallest absolute Gasteiger partial charge is 0.269 e. The first-order chi connectivity index (χ1) is 9.24. The summed E-state index contributed by atoms with van der Waals surface area (Å²) in [6, 6.07) is 7.65. The summed E-state index contributed by atoms with van der Waals surface area (Å²) in [4.78, 5) is 10.4. The van der Waals surface area contributed by atoms with Gasteiger partial charge in [0.25, 0.3) is 5.69 Å². The Labute approximate surface area is 112 Å². The molecule has 0 radical (unpaired) electrons. The first-order valence-electron chi connectivity index (χ1n) is 7.21. The Morgan fingerprint density at radius 2 is 2.00 bits per heavy atom. The molecule has 3 aliphatic carbocycles. The number of hydrogen-bond acceptors (Lipinski definition) is 3. The van der Waals surface area contributed by atoms with E-state index < -0.39 is 0 Å². The van der Waals surface area contributed by atoms with Crippen molar-refractivity contribution in [3.8, 4) is 0 Å². The van der Waals surface area contributed by atoms with Crippen molar-refractivity contribution in [2.24, 2.45) is 23.7 Å². The van der Waals surface area contributed by atoms with Crippen molar-refractivity contribution in [3.63, 3.8) is 0 Å². The molecule has 0 heterocycles. The number of non-ortho nitro benzene ring substituents is 1. The van der Waals surface area contributed by atoms with Crippen LogP contribution in [0.3, 0.4) is 0 Å². The molecule has 19 heavy (non-hydrogen) atoms. The van der Waals surface area contributed by atoms with Crippen LogP contribution in [-0.2, 0) is 6.54 Å². The number of nitrogens with one attached hydrogen (secondary N) is 1. The van der Waals surface area contributed by atoms with Crippen LogP contribution in [0.2, 0.25) is 0 Å². The minimum atomic E-state index is -0.324. The van der Waals surface area contributed by atoms with Crippen LogP contribution >= 0.6 is 0 Å². The SMILES string of the molecule is O=[N+]([O-])c1cccc(CNC2C3C4CCC(C4)C23)c1. The maximum atomic E-state index is 10.7. The van der Waals surface area contributed by atoms with Gasteiger partial charge in [0.15, 0.2) is 0 Å². The number of hydrogen-bond donors (Lipinski definition) is 1. The lowest BCUT2D eigenvalue weighted by Gasteiger charge is -2.10. The molecule has 0 aliphatic heterocycles. The van der Waals surface area contributed by atoms with Gasteiger partial charge in [0.05, 0.1) is 4.92 Å². The Balaban J connectivity index is 1.39. The van der Waals surface area contributed by atoms with Gasteiger partial charge in [-0.3, -0.25) is 10.1 Å². The second kappa shape index (κ2) is 4.04. The summed E-state index contributed by atoms with van der Waals surface area (Å²) in [6.45, 7) is 0.763. The van der Waals surface area contributed by atoms with E-state index in [1.54, 1.807) is 18.2 Å². The molecule has 4 nitrogen and oxygen atoms in total. The van der Waals surface area contributed by atoms with Gasteiger partial charge in [0.2, 0.25) is 0 Å². The van der Waals surface area contributed by atoms with Crippen LogP contribution in [0.15, 0.2) is 24.3 Å². The lowest BCUT2D eigenvalue weighted by atomic mass is 10.0. The standard InChI is InChI=1S/C15H18N2O2/c18-17(19)12-3-1-2-9(6-12)8-16-15-13-10-4-5-11(7-10)14(13)15/h1-3,6,10-11,13-16H,4-5,7-8H2. The Hall–Kier alpha value is -1.42. The van der Waals surface area contributed by atoms with Gasteiger partial charge in [-0.1, -0.05) is 12.1 Å². The third-order valence-corrected chi connectivity index (χ3v) is 5.40. The predicted molar refractivity (Wildman–Crippen MR) is 71.5 cm³/mol. The van der Waals surface area contributed by atoms with Gasteiger partial charge in [-0.25, -0.2) is 0 Å². The molecule has 0 amide bonds. The van der Waals surface area contributed by atoms with Crippen LogP contribution in [0.1, 0.15) is 24.8 Å². The molecule has 100 valence electrons. The van der Waals surface area contributed by atoms with Gasteiger partial charge in [-0.15, -0.1) is 0 Å². The molecule has 2 bridgehead atoms. The van der Waals surface area contributed by atoms with E-state index in [1.165, 1.54) is 19.3 Å². The van der Waals surface area contributed by atoms with Crippen molar-refractivity contribution >= 4 is 5.69 Å². The molecule has 1 aromatic carbocycles. The van der Waals surface area contributed by atoms with Crippen LogP contribution < -0.4 is 5.32 Å². The van der Waals surface area contributed by atoms with Crippen LogP contribution in [0.25, 0.3) is 0 Å². The van der Waals surface area contributed by atoms with Crippen LogP contribution in [0.4, 0.5) is 5.69 Å². The summed E-state index contributed by atoms with van der Waals surface area (Å²) in [5, 5.41) is 14.4. The number of fused-ring (bicyclic) bond motifs is 5. The fraction of sp³-hybridized carbons (Fsp3) is 0.600. The first kappa shape index (κ1) is 11.4. The minimum absolute atomic E-state index is 0.190. The molecule has 1 N–H and O–H groups in total. The molecular formula is C15H18N2O2. The largest absolute Gasteiger partial charge is 0.309 e. The summed E-state index contributed by atoms with van der Waals surface area (Å²) in [6.07, 6.45) is 4.33. The summed E-state index contributed by atoms with van der Waals surface area (Å²) in [5.74, 6) is 3.77. The van der Waals surface area contributed by atoms with E-state index in [1.807, 2.05) is 6.07 Å². The quantitative estimate of drug-likeness (QED) is 0.667. The van der Waals surface area contributed by atoms with Crippen LogP contribution in [0, 0.1) is 33.8 Å². The maximum absolute atomic E-state index is 10.7. The zero-order valence-corrected chi connectivity index (χ0v) is 10.8. The molecule has 3 saturated carbocycles. The molecule has 4 heteroatoms. The average Bonchev–Trinajstić information content (AvgIpc) is 2.79. The molecular weight excluding hydrogens is 240 g/mol. The molecule has 4 unspecified atom stereocenters. The van der Waals surface area contributed by atoms with Crippen molar-refractivity contribution in [1.29, 1.82) is 0 Å². The molecule has 0 spiro atoms. The Morgan fingerprint density at radius 3 is 2.68 bits per heavy atom. The lowest BCUT2D eigenvalue weighted by Crippen LogP contribution is -2.22. The van der Waals surface area contributed by atoms with Gasteiger partial charge in [0.1, 0.15) is 0 Å². The number of benzene rings is 1. The highest BCUT2D eigenvalue weighted by Crippen LogP contribution is 2.65. The zero-order valence-electron chi connectivity index (χ0n) is 10.8. The third kappa shape index (κ3) is 1.77. The van der Waals surface area contributed by atoms with Crippen molar-refractivity contribution < 1.29 is 4.92 Å². The highest BCUT2D eigenvalue weighted by molar-refractivity contribution is 5.34. The third-order valence-electron chi connectivity index (χ3n) is 5.40. The summed E-state index contributed by atoms with van der Waals surface area (Å²) >= 11 is 0. The lowest BCUT2D eigenvalue weighted by molar-refractivity contribution is -0.384. The van der Waals surface area contributed by atoms with Gasteiger partial charge in [0, 0.05) is 24.7 Å². The molecule has 1 aromatic rings. The van der Waals surface area contributed by atoms with E-state index in [4.69, 9.17) is 0 Å². The number of nitrogens with zero attached hydrogens (tertiary/aromatic N) is 1. The van der Waals surface area contributed by atoms with Gasteiger partial charge in [-0.05, 0) is 48.5 Å². The van der Waals surface area contributed by atoms with E-state index in [-0.39, 0.29) is 10.6 Å². The fourth-order valence-corrected chi connectivity index (χ4v) is 4.61. The average molecular weight is 258 g/mol. The molecule has 3 fully saturated rings. The van der Waals surface area contributed by atoms with E-state index >= 15 is 0 Å². The zero-order chi connectivity index (χ0) is 13.0. The number of nitro benzene ring substituents is 1. The second-order valence-electron chi connectivity index (χ2n) is 6.32. The van der Waals surface area contributed by atoms with Crippen LogP contribution in [-0.4, -0.2) is 11.0 Å². The predicted octanol–water partition coefficient (Wildman–Crippen LogP) is 2.73. The van der Waals surface area contributed by atoms with E-state index in [0.717, 1.165) is 35.8 Å². The summed E-state index contributed by atoms with van der Waals surface area (Å²) in [5.41, 5.74) is 1.21. The molecule has 0 aromatic heterocycles.